The summed E-state index contributed by atoms with van der Waals surface area (Å²) in [5.41, 5.74) is 2.15. The Morgan fingerprint density at radius 3 is 2.69 bits per heavy atom. The van der Waals surface area contributed by atoms with Crippen LogP contribution in [0.2, 0.25) is 0 Å². The first-order valence-electron chi connectivity index (χ1n) is 9.80. The molecule has 2 heterocycles. The number of fused-ring (bicyclic) bond motifs is 1. The van der Waals surface area contributed by atoms with Gasteiger partial charge in [-0.05, 0) is 35.4 Å². The third kappa shape index (κ3) is 3.97. The lowest BCUT2D eigenvalue weighted by atomic mass is 9.88. The zero-order valence-electron chi connectivity index (χ0n) is 17.2. The predicted molar refractivity (Wildman–Crippen MR) is 120 cm³/mol. The van der Waals surface area contributed by atoms with Crippen LogP contribution in [0.3, 0.4) is 0 Å². The van der Waals surface area contributed by atoms with Crippen molar-refractivity contribution in [1.82, 2.24) is 0 Å². The van der Waals surface area contributed by atoms with E-state index in [-0.39, 0.29) is 23.1 Å². The monoisotopic (exact) mass is 453 g/mol. The highest BCUT2D eigenvalue weighted by Crippen LogP contribution is 2.50. The van der Waals surface area contributed by atoms with Crippen molar-refractivity contribution in [2.45, 2.75) is 12.3 Å². The Morgan fingerprint density at radius 2 is 2.03 bits per heavy atom. The van der Waals surface area contributed by atoms with E-state index in [0.29, 0.717) is 34.9 Å². The van der Waals surface area contributed by atoms with E-state index in [1.807, 2.05) is 6.07 Å². The lowest BCUT2D eigenvalue weighted by molar-refractivity contribution is -0.116. The largest absolute Gasteiger partial charge is 0.493 e. The fraction of sp³-hybridized carbons (Fsp3) is 0.167. The molecule has 2 aromatic carbocycles. The van der Waals surface area contributed by atoms with Crippen molar-refractivity contribution in [1.29, 1.82) is 0 Å². The lowest BCUT2D eigenvalue weighted by Crippen LogP contribution is -2.22. The first kappa shape index (κ1) is 21.6. The van der Waals surface area contributed by atoms with Gasteiger partial charge in [0.05, 0.1) is 12.8 Å². The summed E-state index contributed by atoms with van der Waals surface area (Å²) in [6, 6.07) is 10.9. The Balaban J connectivity index is 1.84. The number of benzene rings is 2. The molecule has 0 saturated carbocycles. The number of ether oxygens (including phenoxy) is 2. The molecule has 2 N–H and O–H groups in total. The van der Waals surface area contributed by atoms with E-state index >= 15 is 0 Å². The minimum atomic E-state index is -1.11. The van der Waals surface area contributed by atoms with Crippen LogP contribution in [-0.2, 0) is 4.79 Å². The average molecular weight is 453 g/mol. The summed E-state index contributed by atoms with van der Waals surface area (Å²) in [6.45, 7) is 3.95. The highest BCUT2D eigenvalue weighted by Gasteiger charge is 2.34. The highest BCUT2D eigenvalue weighted by atomic mass is 32.1. The molecule has 8 heteroatoms. The molecular formula is C24H20FNO5S. The van der Waals surface area contributed by atoms with Gasteiger partial charge in [-0.2, -0.15) is 0 Å². The molecule has 0 saturated heterocycles. The number of carboxylic acids is 1. The van der Waals surface area contributed by atoms with Crippen molar-refractivity contribution in [3.05, 3.63) is 76.3 Å². The van der Waals surface area contributed by atoms with Crippen LogP contribution in [0.5, 0.6) is 11.5 Å². The molecule has 1 atom stereocenters. The number of nitrogens with one attached hydrogen (secondary N) is 1. The molecule has 164 valence electrons. The van der Waals surface area contributed by atoms with E-state index in [9.17, 15) is 19.1 Å². The summed E-state index contributed by atoms with van der Waals surface area (Å²) < 4.78 is 24.5. The fourth-order valence-electron chi connectivity index (χ4n) is 3.77. The number of carbonyl (C=O) groups excluding carboxylic acids is 1. The number of aromatic carboxylic acids is 1. The molecule has 6 nitrogen and oxygen atoms in total. The molecule has 1 aliphatic rings. The van der Waals surface area contributed by atoms with E-state index in [1.165, 1.54) is 31.4 Å². The Kier molecular flexibility index (Phi) is 5.96. The first-order chi connectivity index (χ1) is 15.4. The maximum atomic E-state index is 13.4. The molecule has 1 aromatic heterocycles. The second-order valence-corrected chi connectivity index (χ2v) is 8.22. The van der Waals surface area contributed by atoms with Crippen LogP contribution in [0, 0.1) is 5.82 Å². The van der Waals surface area contributed by atoms with Gasteiger partial charge in [-0.15, -0.1) is 11.3 Å². The van der Waals surface area contributed by atoms with Gasteiger partial charge in [-0.3, -0.25) is 4.79 Å². The Labute approximate surface area is 187 Å². The molecule has 3 aromatic rings. The normalized spacial score (nSPS) is 14.9. The Morgan fingerprint density at radius 1 is 1.28 bits per heavy atom. The van der Waals surface area contributed by atoms with Crippen molar-refractivity contribution < 1.29 is 28.6 Å². The van der Waals surface area contributed by atoms with Crippen molar-refractivity contribution in [2.24, 2.45) is 0 Å². The van der Waals surface area contributed by atoms with Crippen molar-refractivity contribution in [2.75, 3.05) is 19.0 Å². The smallest absolute Gasteiger partial charge is 0.346 e. The highest BCUT2D eigenvalue weighted by molar-refractivity contribution is 7.15. The lowest BCUT2D eigenvalue weighted by Gasteiger charge is -2.24. The topological polar surface area (TPSA) is 84.9 Å². The van der Waals surface area contributed by atoms with Crippen molar-refractivity contribution in [3.63, 3.8) is 0 Å². The van der Waals surface area contributed by atoms with Crippen LogP contribution in [0.4, 0.5) is 10.1 Å². The van der Waals surface area contributed by atoms with Gasteiger partial charge >= 0.3 is 5.97 Å². The Bertz CT molecular complexity index is 1200. The van der Waals surface area contributed by atoms with Crippen LogP contribution in [0.1, 0.15) is 32.5 Å². The number of hydrogen-bond donors (Lipinski definition) is 2. The minimum Gasteiger partial charge on any atom is -0.493 e. The second kappa shape index (κ2) is 8.84. The van der Waals surface area contributed by atoms with Gasteiger partial charge in [-0.1, -0.05) is 30.9 Å². The van der Waals surface area contributed by atoms with E-state index in [1.54, 1.807) is 18.2 Å². The first-order valence-corrected chi connectivity index (χ1v) is 10.6. The number of halogens is 1. The van der Waals surface area contributed by atoms with Gasteiger partial charge in [0.15, 0.2) is 11.5 Å². The molecule has 1 amide bonds. The van der Waals surface area contributed by atoms with Crippen LogP contribution in [-0.4, -0.2) is 30.7 Å². The SMILES string of the molecule is C=CCOc1ccc(C2CC(=O)Nc3c2sc(C(=O)O)c3-c2ccc(F)cc2)cc1OC. The standard InChI is InChI=1S/C24H20FNO5S/c1-3-10-31-17-9-6-14(11-18(17)30-2)16-12-19(27)26-21-20(13-4-7-15(25)8-5-13)23(24(28)29)32-22(16)21/h3-9,11,16H,1,10,12H2,2H3,(H,26,27)(H,28,29). The average Bonchev–Trinajstić information content (AvgIpc) is 3.17. The molecule has 1 unspecified atom stereocenters. The summed E-state index contributed by atoms with van der Waals surface area (Å²) in [5, 5.41) is 12.7. The summed E-state index contributed by atoms with van der Waals surface area (Å²) in [5.74, 6) is -1.08. The van der Waals surface area contributed by atoms with Gasteiger partial charge < -0.3 is 19.9 Å². The summed E-state index contributed by atoms with van der Waals surface area (Å²) >= 11 is 1.11. The van der Waals surface area contributed by atoms with Gasteiger partial charge in [0.2, 0.25) is 5.91 Å². The second-order valence-electron chi connectivity index (χ2n) is 7.17. The minimum absolute atomic E-state index is 0.0895. The number of amides is 1. The molecule has 0 aliphatic carbocycles. The number of rotatable bonds is 7. The van der Waals surface area contributed by atoms with Crippen LogP contribution >= 0.6 is 11.3 Å². The fourth-order valence-corrected chi connectivity index (χ4v) is 5.01. The quantitative estimate of drug-likeness (QED) is 0.474. The third-order valence-electron chi connectivity index (χ3n) is 5.18. The molecule has 1 aliphatic heterocycles. The van der Waals surface area contributed by atoms with E-state index in [4.69, 9.17) is 9.47 Å². The zero-order valence-corrected chi connectivity index (χ0v) is 18.0. The van der Waals surface area contributed by atoms with Crippen LogP contribution < -0.4 is 14.8 Å². The number of anilines is 1. The molecule has 0 radical (unpaired) electrons. The van der Waals surface area contributed by atoms with Gasteiger partial charge in [-0.25, -0.2) is 9.18 Å². The maximum Gasteiger partial charge on any atom is 0.346 e. The van der Waals surface area contributed by atoms with Crippen LogP contribution in [0.15, 0.2) is 55.1 Å². The number of hydrogen-bond acceptors (Lipinski definition) is 5. The van der Waals surface area contributed by atoms with Gasteiger partial charge in [0.1, 0.15) is 17.3 Å². The molecule has 32 heavy (non-hydrogen) atoms. The number of carbonyl (C=O) groups is 2. The molecule has 0 spiro atoms. The summed E-state index contributed by atoms with van der Waals surface area (Å²) in [4.78, 5) is 25.5. The van der Waals surface area contributed by atoms with Crippen LogP contribution in [0.25, 0.3) is 11.1 Å². The van der Waals surface area contributed by atoms with Crippen molar-refractivity contribution >= 4 is 28.9 Å². The Hall–Kier alpha value is -3.65. The van der Waals surface area contributed by atoms with Gasteiger partial charge in [0, 0.05) is 22.8 Å². The summed E-state index contributed by atoms with van der Waals surface area (Å²) in [6.07, 6.45) is 1.78. The molecule has 0 bridgehead atoms. The summed E-state index contributed by atoms with van der Waals surface area (Å²) in [7, 11) is 1.53. The van der Waals surface area contributed by atoms with Gasteiger partial charge in [0.25, 0.3) is 0 Å². The maximum absolute atomic E-state index is 13.4. The number of thiophene rings is 1. The van der Waals surface area contributed by atoms with E-state index in [2.05, 4.69) is 11.9 Å². The number of carboxylic acid groups (broad SMARTS) is 1. The molecule has 4 rings (SSSR count). The third-order valence-corrected chi connectivity index (χ3v) is 6.47. The number of methoxy groups -OCH3 is 1. The van der Waals surface area contributed by atoms with E-state index < -0.39 is 11.8 Å². The van der Waals surface area contributed by atoms with E-state index in [0.717, 1.165) is 21.8 Å². The molecule has 0 fully saturated rings. The van der Waals surface area contributed by atoms with Crippen molar-refractivity contribution in [3.8, 4) is 22.6 Å². The predicted octanol–water partition coefficient (Wildman–Crippen LogP) is 5.30. The zero-order chi connectivity index (χ0) is 22.8. The molecular weight excluding hydrogens is 433 g/mol.